The normalized spacial score (nSPS) is 12.7. The summed E-state index contributed by atoms with van der Waals surface area (Å²) in [5, 5.41) is 15.5. The second-order valence-corrected chi connectivity index (χ2v) is 15.9. The molecule has 8 nitrogen and oxygen atoms in total. The highest BCUT2D eigenvalue weighted by atomic mass is 32.2. The van der Waals surface area contributed by atoms with E-state index < -0.39 is 10.0 Å². The first kappa shape index (κ1) is 33.1. The van der Waals surface area contributed by atoms with E-state index in [9.17, 15) is 8.42 Å². The number of nitrogens with one attached hydrogen (secondary N) is 1. The molecule has 12 heteroatoms. The van der Waals surface area contributed by atoms with Crippen LogP contribution in [-0.4, -0.2) is 25.8 Å². The topological polar surface area (TPSA) is 96.2 Å². The van der Waals surface area contributed by atoms with E-state index in [1.165, 1.54) is 30.6 Å². The molecule has 0 bridgehead atoms. The second kappa shape index (κ2) is 15.3. The summed E-state index contributed by atoms with van der Waals surface area (Å²) in [6.45, 7) is 8.89. The van der Waals surface area contributed by atoms with Crippen LogP contribution < -0.4 is 14.4 Å². The maximum absolute atomic E-state index is 13.1. The number of fused-ring (bicyclic) bond motifs is 1. The molecule has 3 heterocycles. The minimum atomic E-state index is -3.63. The number of ether oxygens (including phenoxy) is 1. The molecule has 0 aliphatic rings. The van der Waals surface area contributed by atoms with Crippen molar-refractivity contribution in [3.63, 3.8) is 0 Å². The average molecular weight is 682 g/mol. The molecule has 0 radical (unpaired) electrons. The Balaban J connectivity index is 1.42. The molecule has 0 amide bonds. The van der Waals surface area contributed by atoms with Crippen molar-refractivity contribution in [3.05, 3.63) is 71.4 Å². The summed E-state index contributed by atoms with van der Waals surface area (Å²) in [5.41, 5.74) is 2.40. The van der Waals surface area contributed by atoms with Crippen LogP contribution in [0.25, 0.3) is 10.2 Å². The Kier molecular flexibility index (Phi) is 11.2. The van der Waals surface area contributed by atoms with E-state index in [2.05, 4.69) is 38.7 Å². The van der Waals surface area contributed by atoms with Gasteiger partial charge in [0.05, 0.1) is 28.3 Å². The third kappa shape index (κ3) is 8.90. The number of hydrogen-bond donors (Lipinski definition) is 1. The van der Waals surface area contributed by atoms with Gasteiger partial charge in [0.1, 0.15) is 21.4 Å². The first-order chi connectivity index (χ1) is 21.7. The van der Waals surface area contributed by atoms with Crippen LogP contribution in [0.3, 0.4) is 0 Å². The summed E-state index contributed by atoms with van der Waals surface area (Å²) in [5.74, 6) is 1.33. The molecule has 1 unspecified atom stereocenters. The maximum Gasteiger partial charge on any atom is 0.233 e. The van der Waals surface area contributed by atoms with Crippen molar-refractivity contribution in [1.29, 1.82) is 0 Å². The largest absolute Gasteiger partial charge is 0.493 e. The van der Waals surface area contributed by atoms with E-state index in [-0.39, 0.29) is 11.7 Å². The van der Waals surface area contributed by atoms with Gasteiger partial charge in [0.2, 0.25) is 15.2 Å². The van der Waals surface area contributed by atoms with Crippen molar-refractivity contribution < 1.29 is 13.2 Å². The van der Waals surface area contributed by atoms with Crippen LogP contribution in [-0.2, 0) is 10.0 Å². The van der Waals surface area contributed by atoms with E-state index in [1.54, 1.807) is 28.7 Å². The van der Waals surface area contributed by atoms with Crippen LogP contribution in [0, 0.1) is 11.8 Å². The zero-order chi connectivity index (χ0) is 31.8. The summed E-state index contributed by atoms with van der Waals surface area (Å²) in [4.78, 5) is 6.74. The lowest BCUT2D eigenvalue weighted by Crippen LogP contribution is -2.20. The zero-order valence-corrected chi connectivity index (χ0v) is 29.2. The van der Waals surface area contributed by atoms with Gasteiger partial charge in [-0.15, -0.1) is 32.9 Å². The van der Waals surface area contributed by atoms with Gasteiger partial charge in [-0.2, -0.15) is 0 Å². The molecule has 3 aromatic heterocycles. The van der Waals surface area contributed by atoms with Crippen molar-refractivity contribution in [2.24, 2.45) is 22.1 Å². The summed E-state index contributed by atoms with van der Waals surface area (Å²) >= 11 is 4.64. The van der Waals surface area contributed by atoms with Crippen LogP contribution >= 0.6 is 34.0 Å². The first-order valence-corrected chi connectivity index (χ1v) is 19.4. The molecule has 0 saturated heterocycles. The van der Waals surface area contributed by atoms with Gasteiger partial charge in [0.25, 0.3) is 0 Å². The van der Waals surface area contributed by atoms with E-state index in [0.29, 0.717) is 29.0 Å². The number of benzene rings is 2. The van der Waals surface area contributed by atoms with E-state index >= 15 is 0 Å². The molecule has 2 aromatic carbocycles. The molecule has 0 saturated carbocycles. The Morgan fingerprint density at radius 2 is 1.73 bits per heavy atom. The van der Waals surface area contributed by atoms with Crippen LogP contribution in [0.2, 0.25) is 0 Å². The minimum absolute atomic E-state index is 0.00669. The van der Waals surface area contributed by atoms with E-state index in [1.807, 2.05) is 79.2 Å². The fourth-order valence-electron chi connectivity index (χ4n) is 4.87. The Labute approximate surface area is 277 Å². The number of anilines is 4. The molecular weight excluding hydrogens is 643 g/mol. The Hall–Kier alpha value is -3.32. The van der Waals surface area contributed by atoms with E-state index in [4.69, 9.17) is 4.74 Å². The lowest BCUT2D eigenvalue weighted by atomic mass is 10.0. The number of nitrogens with zero attached hydrogens (tertiary/aromatic N) is 4. The molecule has 0 spiro atoms. The molecule has 5 rings (SSSR count). The predicted octanol–water partition coefficient (Wildman–Crippen LogP) is 11.3. The SMILES string of the molecule is CCCCC(CC)COc1ccc2nc(/N=N\c3ccc(N(c4cccs4)c4cccs4)cc3NS(=O)(=O)CC(C)C)sc2c1. The molecule has 45 heavy (non-hydrogen) atoms. The van der Waals surface area contributed by atoms with Crippen LogP contribution in [0.15, 0.2) is 81.7 Å². The second-order valence-electron chi connectivity index (χ2n) is 11.3. The Morgan fingerprint density at radius 1 is 0.978 bits per heavy atom. The molecule has 1 N–H and O–H groups in total. The Morgan fingerprint density at radius 3 is 2.38 bits per heavy atom. The van der Waals surface area contributed by atoms with E-state index in [0.717, 1.165) is 38.1 Å². The van der Waals surface area contributed by atoms with Crippen molar-refractivity contribution in [2.45, 2.75) is 53.4 Å². The highest BCUT2D eigenvalue weighted by Gasteiger charge is 2.20. The van der Waals surface area contributed by atoms with Crippen molar-refractivity contribution in [1.82, 2.24) is 4.98 Å². The lowest BCUT2D eigenvalue weighted by Gasteiger charge is -2.23. The number of sulfonamides is 1. The number of thiophene rings is 2. The fraction of sp³-hybridized carbons (Fsp3) is 0.364. The van der Waals surface area contributed by atoms with Gasteiger partial charge in [-0.05, 0) is 89.7 Å². The number of unbranched alkanes of at least 4 members (excludes halogenated alkanes) is 1. The van der Waals surface area contributed by atoms with Gasteiger partial charge >= 0.3 is 0 Å². The van der Waals surface area contributed by atoms with Gasteiger partial charge in [0, 0.05) is 5.69 Å². The minimum Gasteiger partial charge on any atom is -0.493 e. The smallest absolute Gasteiger partial charge is 0.233 e. The molecule has 0 fully saturated rings. The van der Waals surface area contributed by atoms with Crippen LogP contribution in [0.5, 0.6) is 5.75 Å². The van der Waals surface area contributed by atoms with Crippen molar-refractivity contribution in [2.75, 3.05) is 22.0 Å². The van der Waals surface area contributed by atoms with Crippen molar-refractivity contribution >= 4 is 86.4 Å². The summed E-state index contributed by atoms with van der Waals surface area (Å²) < 4.78 is 36.0. The van der Waals surface area contributed by atoms with Gasteiger partial charge in [-0.25, -0.2) is 13.4 Å². The fourth-order valence-corrected chi connectivity index (χ4v) is 8.73. The summed E-state index contributed by atoms with van der Waals surface area (Å²) in [6.07, 6.45) is 4.69. The molecule has 0 aliphatic heterocycles. The standard InChI is InChI=1S/C33H39N5O3S4/c1-5-7-10-24(6-2)21-41-26-14-16-28-30(20-26)44-33(34-28)36-35-27-15-13-25(19-29(27)37-45(39,40)22-23(3)4)38(31-11-8-17-42-31)32-12-9-18-43-32/h8-9,11-20,23-24,37H,5-7,10,21-22H2,1-4H3/b36-35-. The summed E-state index contributed by atoms with van der Waals surface area (Å²) in [6, 6.07) is 19.5. The monoisotopic (exact) mass is 681 g/mol. The third-order valence-corrected chi connectivity index (χ3v) is 11.4. The molecule has 0 aliphatic carbocycles. The van der Waals surface area contributed by atoms with Crippen LogP contribution in [0.4, 0.5) is 32.2 Å². The molecular formula is C33H39N5O3S4. The number of aromatic nitrogens is 1. The third-order valence-electron chi connectivity index (χ3n) is 7.13. The predicted molar refractivity (Wildman–Crippen MR) is 192 cm³/mol. The quantitative estimate of drug-likeness (QED) is 0.105. The average Bonchev–Trinajstić information content (AvgIpc) is 3.79. The zero-order valence-electron chi connectivity index (χ0n) is 26.0. The number of azo groups is 1. The lowest BCUT2D eigenvalue weighted by molar-refractivity contribution is 0.233. The number of thiazole rings is 1. The first-order valence-electron chi connectivity index (χ1n) is 15.2. The van der Waals surface area contributed by atoms with Gasteiger partial charge in [-0.1, -0.05) is 58.3 Å². The Bertz CT molecular complexity index is 1760. The van der Waals surface area contributed by atoms with Crippen LogP contribution in [0.1, 0.15) is 53.4 Å². The van der Waals surface area contributed by atoms with Gasteiger partial charge < -0.3 is 4.74 Å². The highest BCUT2D eigenvalue weighted by Crippen LogP contribution is 2.43. The number of hydrogen-bond acceptors (Lipinski definition) is 10. The summed E-state index contributed by atoms with van der Waals surface area (Å²) in [7, 11) is -3.63. The molecule has 1 atom stereocenters. The van der Waals surface area contributed by atoms with Gasteiger partial charge in [0.15, 0.2) is 0 Å². The maximum atomic E-state index is 13.1. The molecule has 5 aromatic rings. The highest BCUT2D eigenvalue weighted by molar-refractivity contribution is 7.92. The van der Waals surface area contributed by atoms with Crippen molar-refractivity contribution in [3.8, 4) is 5.75 Å². The number of rotatable bonds is 16. The van der Waals surface area contributed by atoms with Gasteiger partial charge in [-0.3, -0.25) is 9.62 Å². The molecule has 238 valence electrons.